The molecule has 16 heavy (non-hydrogen) atoms. The number of ketones is 1. The van der Waals surface area contributed by atoms with Crippen molar-refractivity contribution in [2.24, 2.45) is 0 Å². The van der Waals surface area contributed by atoms with Crippen LogP contribution in [0.15, 0.2) is 22.7 Å². The molecule has 2 heteroatoms. The van der Waals surface area contributed by atoms with Gasteiger partial charge in [-0.1, -0.05) is 54.2 Å². The van der Waals surface area contributed by atoms with Gasteiger partial charge in [-0.15, -0.1) is 0 Å². The predicted molar refractivity (Wildman–Crippen MR) is 72.0 cm³/mol. The van der Waals surface area contributed by atoms with Crippen LogP contribution in [-0.4, -0.2) is 5.78 Å². The van der Waals surface area contributed by atoms with E-state index in [9.17, 15) is 4.79 Å². The van der Waals surface area contributed by atoms with Gasteiger partial charge in [0.2, 0.25) is 0 Å². The summed E-state index contributed by atoms with van der Waals surface area (Å²) in [6, 6.07) is 5.91. The fourth-order valence-electron chi connectivity index (χ4n) is 1.69. The average molecular weight is 283 g/mol. The fraction of sp³-hybridized carbons (Fsp3) is 0.500. The predicted octanol–water partition coefficient (Wildman–Crippen LogP) is 4.91. The Kier molecular flexibility index (Phi) is 5.75. The smallest absolute Gasteiger partial charge is 0.164 e. The van der Waals surface area contributed by atoms with Gasteiger partial charge in [-0.05, 0) is 25.0 Å². The van der Waals surface area contributed by atoms with Gasteiger partial charge in [0.1, 0.15) is 0 Å². The molecule has 0 saturated carbocycles. The van der Waals surface area contributed by atoms with E-state index in [2.05, 4.69) is 22.9 Å². The van der Waals surface area contributed by atoms with E-state index in [1.165, 1.54) is 18.4 Å². The van der Waals surface area contributed by atoms with E-state index in [-0.39, 0.29) is 5.78 Å². The van der Waals surface area contributed by atoms with Crippen LogP contribution in [0.1, 0.15) is 54.9 Å². The van der Waals surface area contributed by atoms with Gasteiger partial charge < -0.3 is 0 Å². The lowest BCUT2D eigenvalue weighted by Gasteiger charge is -2.04. The normalized spacial score (nSPS) is 10.4. The first-order valence-corrected chi connectivity index (χ1v) is 6.73. The third-order valence-corrected chi connectivity index (χ3v) is 3.34. The molecule has 88 valence electrons. The average Bonchev–Trinajstić information content (AvgIpc) is 2.24. The quantitative estimate of drug-likeness (QED) is 0.535. The van der Waals surface area contributed by atoms with Crippen molar-refractivity contribution in [2.75, 3.05) is 0 Å². The number of hydrogen-bond acceptors (Lipinski definition) is 1. The van der Waals surface area contributed by atoms with Crippen molar-refractivity contribution in [1.82, 2.24) is 0 Å². The molecule has 1 rings (SSSR count). The third kappa shape index (κ3) is 4.09. The summed E-state index contributed by atoms with van der Waals surface area (Å²) in [6.07, 6.45) is 5.27. The summed E-state index contributed by atoms with van der Waals surface area (Å²) in [7, 11) is 0. The molecule has 0 aromatic heterocycles. The number of halogens is 1. The molecule has 0 saturated heterocycles. The lowest BCUT2D eigenvalue weighted by Crippen LogP contribution is -2.00. The summed E-state index contributed by atoms with van der Waals surface area (Å²) in [5, 5.41) is 0. The fourth-order valence-corrected chi connectivity index (χ4v) is 2.41. The van der Waals surface area contributed by atoms with Crippen molar-refractivity contribution in [3.8, 4) is 0 Å². The minimum atomic E-state index is 0.253. The van der Waals surface area contributed by atoms with E-state index in [1.807, 2.05) is 25.1 Å². The lowest BCUT2D eigenvalue weighted by molar-refractivity contribution is 0.0978. The zero-order valence-electron chi connectivity index (χ0n) is 10.1. The molecule has 0 N–H and O–H groups in total. The number of carbonyl (C=O) groups excluding carboxylic acids is 1. The van der Waals surface area contributed by atoms with Crippen LogP contribution in [0.4, 0.5) is 0 Å². The van der Waals surface area contributed by atoms with Crippen molar-refractivity contribution in [3.05, 3.63) is 33.8 Å². The van der Waals surface area contributed by atoms with E-state index in [0.717, 1.165) is 22.9 Å². The molecule has 0 radical (unpaired) electrons. The summed E-state index contributed by atoms with van der Waals surface area (Å²) in [4.78, 5) is 11.9. The molecule has 0 heterocycles. The van der Waals surface area contributed by atoms with Gasteiger partial charge in [0.25, 0.3) is 0 Å². The first-order chi connectivity index (χ1) is 7.65. The van der Waals surface area contributed by atoms with Crippen molar-refractivity contribution < 1.29 is 4.79 Å². The Morgan fingerprint density at radius 2 is 2.00 bits per heavy atom. The van der Waals surface area contributed by atoms with Crippen LogP contribution in [0.25, 0.3) is 0 Å². The highest BCUT2D eigenvalue weighted by molar-refractivity contribution is 9.10. The molecule has 0 amide bonds. The van der Waals surface area contributed by atoms with E-state index in [1.54, 1.807) is 0 Å². The number of Topliss-reactive ketones (excluding diaryl/α,β-unsaturated/α-hetero) is 1. The first kappa shape index (κ1) is 13.4. The molecule has 0 aliphatic heterocycles. The maximum Gasteiger partial charge on any atom is 0.164 e. The maximum atomic E-state index is 11.9. The molecule has 0 aliphatic rings. The van der Waals surface area contributed by atoms with Crippen LogP contribution in [0, 0.1) is 6.92 Å². The van der Waals surface area contributed by atoms with Crippen LogP contribution in [-0.2, 0) is 0 Å². The molecule has 0 spiro atoms. The largest absolute Gasteiger partial charge is 0.294 e. The highest BCUT2D eigenvalue weighted by atomic mass is 79.9. The van der Waals surface area contributed by atoms with Crippen molar-refractivity contribution in [2.45, 2.75) is 46.0 Å². The van der Waals surface area contributed by atoms with Gasteiger partial charge in [-0.3, -0.25) is 4.79 Å². The van der Waals surface area contributed by atoms with E-state index in [0.29, 0.717) is 6.42 Å². The van der Waals surface area contributed by atoms with Crippen LogP contribution >= 0.6 is 15.9 Å². The van der Waals surface area contributed by atoms with E-state index in [4.69, 9.17) is 0 Å². The Bertz CT molecular complexity index is 358. The van der Waals surface area contributed by atoms with Gasteiger partial charge in [-0.25, -0.2) is 0 Å². The molecule has 1 aromatic rings. The Labute approximate surface area is 106 Å². The van der Waals surface area contributed by atoms with Crippen molar-refractivity contribution >= 4 is 21.7 Å². The second kappa shape index (κ2) is 6.85. The number of aryl methyl sites for hydroxylation is 1. The SMILES string of the molecule is CCCCCCC(=O)c1ccc(C)cc1Br. The van der Waals surface area contributed by atoms with Gasteiger partial charge in [-0.2, -0.15) is 0 Å². The van der Waals surface area contributed by atoms with Gasteiger partial charge in [0.05, 0.1) is 0 Å². The number of rotatable bonds is 6. The highest BCUT2D eigenvalue weighted by Crippen LogP contribution is 2.20. The molecule has 0 bridgehead atoms. The van der Waals surface area contributed by atoms with Crippen molar-refractivity contribution in [3.63, 3.8) is 0 Å². The van der Waals surface area contributed by atoms with E-state index >= 15 is 0 Å². The van der Waals surface area contributed by atoms with E-state index < -0.39 is 0 Å². The van der Waals surface area contributed by atoms with Crippen LogP contribution in [0.2, 0.25) is 0 Å². The summed E-state index contributed by atoms with van der Waals surface area (Å²) in [5.74, 6) is 0.253. The molecule has 0 atom stereocenters. The second-order valence-corrected chi connectivity index (χ2v) is 5.07. The Morgan fingerprint density at radius 1 is 1.25 bits per heavy atom. The topological polar surface area (TPSA) is 17.1 Å². The zero-order chi connectivity index (χ0) is 12.0. The summed E-state index contributed by atoms with van der Waals surface area (Å²) in [5.41, 5.74) is 2.00. The second-order valence-electron chi connectivity index (χ2n) is 4.22. The molecule has 1 nitrogen and oxygen atoms in total. The summed E-state index contributed by atoms with van der Waals surface area (Å²) in [6.45, 7) is 4.21. The van der Waals surface area contributed by atoms with Gasteiger partial charge >= 0.3 is 0 Å². The number of unbranched alkanes of at least 4 members (excludes halogenated alkanes) is 3. The maximum absolute atomic E-state index is 11.9. The minimum absolute atomic E-state index is 0.253. The summed E-state index contributed by atoms with van der Waals surface area (Å²) < 4.78 is 0.924. The third-order valence-electron chi connectivity index (χ3n) is 2.68. The minimum Gasteiger partial charge on any atom is -0.294 e. The standard InChI is InChI=1S/C14H19BrO/c1-3-4-5-6-7-14(16)12-9-8-11(2)10-13(12)15/h8-10H,3-7H2,1-2H3. The summed E-state index contributed by atoms with van der Waals surface area (Å²) >= 11 is 3.45. The zero-order valence-corrected chi connectivity index (χ0v) is 11.6. The molecule has 0 aliphatic carbocycles. The molecule has 0 unspecified atom stereocenters. The molecular formula is C14H19BrO. The van der Waals surface area contributed by atoms with Gasteiger partial charge in [0, 0.05) is 16.5 Å². The Balaban J connectivity index is 2.53. The Hall–Kier alpha value is -0.630. The number of hydrogen-bond donors (Lipinski definition) is 0. The van der Waals surface area contributed by atoms with Crippen LogP contribution in [0.3, 0.4) is 0 Å². The van der Waals surface area contributed by atoms with Crippen molar-refractivity contribution in [1.29, 1.82) is 0 Å². The molecular weight excluding hydrogens is 264 g/mol. The molecule has 0 fully saturated rings. The van der Waals surface area contributed by atoms with Gasteiger partial charge in [0.15, 0.2) is 5.78 Å². The highest BCUT2D eigenvalue weighted by Gasteiger charge is 2.09. The lowest BCUT2D eigenvalue weighted by atomic mass is 10.0. The molecule has 1 aromatic carbocycles. The Morgan fingerprint density at radius 3 is 2.62 bits per heavy atom. The number of carbonyl (C=O) groups is 1. The number of benzene rings is 1. The first-order valence-electron chi connectivity index (χ1n) is 5.94. The van der Waals surface area contributed by atoms with Crippen LogP contribution in [0.5, 0.6) is 0 Å². The monoisotopic (exact) mass is 282 g/mol. The van der Waals surface area contributed by atoms with Crippen LogP contribution < -0.4 is 0 Å².